The van der Waals surface area contributed by atoms with E-state index in [1.165, 1.54) is 7.11 Å². The highest BCUT2D eigenvalue weighted by Gasteiger charge is 2.27. The molecule has 1 aliphatic rings. The summed E-state index contributed by atoms with van der Waals surface area (Å²) in [5, 5.41) is 0. The molecule has 0 saturated heterocycles. The first-order chi connectivity index (χ1) is 7.27. The van der Waals surface area contributed by atoms with E-state index in [0.29, 0.717) is 24.5 Å². The predicted molar refractivity (Wildman–Crippen MR) is 55.1 cm³/mol. The van der Waals surface area contributed by atoms with E-state index in [1.807, 2.05) is 12.1 Å². The molecule has 0 radical (unpaired) electrons. The lowest BCUT2D eigenvalue weighted by Gasteiger charge is -2.06. The van der Waals surface area contributed by atoms with E-state index in [0.717, 1.165) is 5.56 Å². The van der Waals surface area contributed by atoms with Crippen molar-refractivity contribution in [2.75, 3.05) is 20.3 Å². The Labute approximate surface area is 88.0 Å². The van der Waals surface area contributed by atoms with Gasteiger partial charge in [-0.3, -0.25) is 0 Å². The van der Waals surface area contributed by atoms with E-state index < -0.39 is 0 Å². The van der Waals surface area contributed by atoms with E-state index in [4.69, 9.17) is 10.5 Å². The Morgan fingerprint density at radius 2 is 2.47 bits per heavy atom. The van der Waals surface area contributed by atoms with Crippen LogP contribution in [-0.2, 0) is 4.74 Å². The number of methoxy groups -OCH3 is 1. The lowest BCUT2D eigenvalue weighted by Crippen LogP contribution is -2.13. The zero-order valence-corrected chi connectivity index (χ0v) is 8.53. The summed E-state index contributed by atoms with van der Waals surface area (Å²) >= 11 is 0. The smallest absolute Gasteiger partial charge is 0.341 e. The summed E-state index contributed by atoms with van der Waals surface area (Å²) in [4.78, 5) is 11.4. The highest BCUT2D eigenvalue weighted by molar-refractivity contribution is 5.93. The van der Waals surface area contributed by atoms with Gasteiger partial charge in [0.25, 0.3) is 0 Å². The van der Waals surface area contributed by atoms with Gasteiger partial charge in [-0.05, 0) is 6.07 Å². The summed E-state index contributed by atoms with van der Waals surface area (Å²) in [6, 6.07) is 5.46. The van der Waals surface area contributed by atoms with Crippen LogP contribution in [0.25, 0.3) is 0 Å². The number of para-hydroxylation sites is 1. The average molecular weight is 207 g/mol. The Balaban J connectivity index is 2.44. The molecule has 1 aliphatic heterocycles. The number of esters is 1. The summed E-state index contributed by atoms with van der Waals surface area (Å²) in [5.41, 5.74) is 7.09. The molecule has 0 fully saturated rings. The fourth-order valence-electron chi connectivity index (χ4n) is 1.78. The molecule has 1 atom stereocenters. The molecule has 4 heteroatoms. The highest BCUT2D eigenvalue weighted by Crippen LogP contribution is 2.36. The van der Waals surface area contributed by atoms with Gasteiger partial charge >= 0.3 is 5.97 Å². The van der Waals surface area contributed by atoms with E-state index in [-0.39, 0.29) is 11.9 Å². The number of rotatable bonds is 2. The van der Waals surface area contributed by atoms with Crippen molar-refractivity contribution in [3.8, 4) is 5.75 Å². The molecule has 80 valence electrons. The third kappa shape index (κ3) is 1.57. The van der Waals surface area contributed by atoms with Gasteiger partial charge in [-0.1, -0.05) is 12.1 Å². The number of carbonyl (C=O) groups excluding carboxylic acids is 1. The molecule has 0 aromatic heterocycles. The molecule has 0 spiro atoms. The quantitative estimate of drug-likeness (QED) is 0.732. The average Bonchev–Trinajstić information content (AvgIpc) is 2.70. The minimum absolute atomic E-state index is 0.185. The number of fused-ring (bicyclic) bond motifs is 1. The summed E-state index contributed by atoms with van der Waals surface area (Å²) in [6.07, 6.45) is 0. The molecule has 0 bridgehead atoms. The number of nitrogens with two attached hydrogens (primary N) is 1. The molecular weight excluding hydrogens is 194 g/mol. The largest absolute Gasteiger partial charge is 0.492 e. The first-order valence-corrected chi connectivity index (χ1v) is 4.82. The van der Waals surface area contributed by atoms with E-state index >= 15 is 0 Å². The van der Waals surface area contributed by atoms with Crippen LogP contribution in [0, 0.1) is 0 Å². The second-order valence-electron chi connectivity index (χ2n) is 3.46. The molecule has 0 saturated carbocycles. The molecular formula is C11H13NO3. The molecule has 1 heterocycles. The third-order valence-corrected chi connectivity index (χ3v) is 2.60. The van der Waals surface area contributed by atoms with Crippen molar-refractivity contribution in [3.63, 3.8) is 0 Å². The zero-order valence-electron chi connectivity index (χ0n) is 8.53. The molecule has 1 unspecified atom stereocenters. The van der Waals surface area contributed by atoms with Crippen molar-refractivity contribution in [1.82, 2.24) is 0 Å². The molecule has 0 amide bonds. The first kappa shape index (κ1) is 9.98. The number of ether oxygens (including phenoxy) is 2. The van der Waals surface area contributed by atoms with Crippen molar-refractivity contribution < 1.29 is 14.3 Å². The van der Waals surface area contributed by atoms with Crippen LogP contribution < -0.4 is 10.5 Å². The Morgan fingerprint density at radius 1 is 1.67 bits per heavy atom. The normalized spacial score (nSPS) is 18.1. The van der Waals surface area contributed by atoms with Crippen LogP contribution in [0.1, 0.15) is 21.8 Å². The summed E-state index contributed by atoms with van der Waals surface area (Å²) in [5.74, 6) is 0.439. The van der Waals surface area contributed by atoms with Crippen molar-refractivity contribution in [1.29, 1.82) is 0 Å². The maximum Gasteiger partial charge on any atom is 0.341 e. The SMILES string of the molecule is COC(=O)c1cccc2c1OCC2CN. The summed E-state index contributed by atoms with van der Waals surface area (Å²) in [6.45, 7) is 1.07. The van der Waals surface area contributed by atoms with Gasteiger partial charge < -0.3 is 15.2 Å². The van der Waals surface area contributed by atoms with Gasteiger partial charge in [0.2, 0.25) is 0 Å². The molecule has 1 aromatic rings. The van der Waals surface area contributed by atoms with E-state index in [9.17, 15) is 4.79 Å². The molecule has 2 rings (SSSR count). The minimum Gasteiger partial charge on any atom is -0.492 e. The van der Waals surface area contributed by atoms with Crippen LogP contribution in [0.15, 0.2) is 18.2 Å². The fraction of sp³-hybridized carbons (Fsp3) is 0.364. The first-order valence-electron chi connectivity index (χ1n) is 4.82. The number of carbonyl (C=O) groups is 1. The van der Waals surface area contributed by atoms with Crippen LogP contribution in [0.2, 0.25) is 0 Å². The Hall–Kier alpha value is -1.55. The monoisotopic (exact) mass is 207 g/mol. The lowest BCUT2D eigenvalue weighted by atomic mass is 9.99. The van der Waals surface area contributed by atoms with E-state index in [1.54, 1.807) is 6.07 Å². The molecule has 15 heavy (non-hydrogen) atoms. The second-order valence-corrected chi connectivity index (χ2v) is 3.46. The second kappa shape index (κ2) is 3.90. The van der Waals surface area contributed by atoms with Gasteiger partial charge in [0.15, 0.2) is 0 Å². The standard InChI is InChI=1S/C11H13NO3/c1-14-11(13)9-4-2-3-8-7(5-12)6-15-10(8)9/h2-4,7H,5-6,12H2,1H3. The zero-order chi connectivity index (χ0) is 10.8. The van der Waals surface area contributed by atoms with Crippen molar-refractivity contribution in [3.05, 3.63) is 29.3 Å². The van der Waals surface area contributed by atoms with Gasteiger partial charge in [-0.15, -0.1) is 0 Å². The minimum atomic E-state index is -0.371. The number of benzene rings is 1. The van der Waals surface area contributed by atoms with Crippen LogP contribution >= 0.6 is 0 Å². The Kier molecular flexibility index (Phi) is 2.60. The Bertz CT molecular complexity index is 389. The van der Waals surface area contributed by atoms with Gasteiger partial charge in [0.05, 0.1) is 13.7 Å². The molecule has 1 aromatic carbocycles. The van der Waals surface area contributed by atoms with Gasteiger partial charge in [0.1, 0.15) is 11.3 Å². The summed E-state index contributed by atoms with van der Waals surface area (Å²) in [7, 11) is 1.36. The van der Waals surface area contributed by atoms with Gasteiger partial charge in [-0.2, -0.15) is 0 Å². The lowest BCUT2D eigenvalue weighted by molar-refractivity contribution is 0.0597. The van der Waals surface area contributed by atoms with Crippen LogP contribution in [0.3, 0.4) is 0 Å². The predicted octanol–water partition coefficient (Wildman–Crippen LogP) is 0.908. The van der Waals surface area contributed by atoms with Crippen LogP contribution in [-0.4, -0.2) is 26.2 Å². The van der Waals surface area contributed by atoms with Crippen LogP contribution in [0.4, 0.5) is 0 Å². The highest BCUT2D eigenvalue weighted by atomic mass is 16.5. The van der Waals surface area contributed by atoms with Gasteiger partial charge in [0, 0.05) is 18.0 Å². The maximum atomic E-state index is 11.4. The van der Waals surface area contributed by atoms with Gasteiger partial charge in [-0.25, -0.2) is 4.79 Å². The fourth-order valence-corrected chi connectivity index (χ4v) is 1.78. The molecule has 2 N–H and O–H groups in total. The topological polar surface area (TPSA) is 61.5 Å². The van der Waals surface area contributed by atoms with Crippen molar-refractivity contribution >= 4 is 5.97 Å². The Morgan fingerprint density at radius 3 is 3.13 bits per heavy atom. The maximum absolute atomic E-state index is 11.4. The number of hydrogen-bond acceptors (Lipinski definition) is 4. The van der Waals surface area contributed by atoms with Crippen molar-refractivity contribution in [2.45, 2.75) is 5.92 Å². The number of hydrogen-bond donors (Lipinski definition) is 1. The van der Waals surface area contributed by atoms with E-state index in [2.05, 4.69) is 4.74 Å². The molecule has 0 aliphatic carbocycles. The molecule has 4 nitrogen and oxygen atoms in total. The van der Waals surface area contributed by atoms with Crippen molar-refractivity contribution in [2.24, 2.45) is 5.73 Å². The third-order valence-electron chi connectivity index (χ3n) is 2.60. The van der Waals surface area contributed by atoms with Crippen LogP contribution in [0.5, 0.6) is 5.75 Å². The summed E-state index contributed by atoms with van der Waals surface area (Å²) < 4.78 is 10.2.